The first kappa shape index (κ1) is 50.5. The summed E-state index contributed by atoms with van der Waals surface area (Å²) in [6.45, 7) is 11.4. The molecule has 2 aliphatic carbocycles. The molecule has 6 heteroatoms. The number of rotatable bonds is 8. The van der Waals surface area contributed by atoms with Crippen molar-refractivity contribution in [2.24, 2.45) is 0 Å². The van der Waals surface area contributed by atoms with Gasteiger partial charge in [-0.1, -0.05) is 103 Å². The Kier molecular flexibility index (Phi) is 11.6. The number of hydrogen-bond donors (Lipinski definition) is 0. The molecule has 0 amide bonds. The van der Waals surface area contributed by atoms with Crippen molar-refractivity contribution in [3.8, 4) is 84.3 Å². The van der Waals surface area contributed by atoms with Gasteiger partial charge in [0, 0.05) is 15.9 Å². The second kappa shape index (κ2) is 20.2. The molecule has 2 aliphatic rings. The Bertz CT molecular complexity index is 5290. The number of pyridine rings is 1. The molecule has 88 heavy (non-hydrogen) atoms. The van der Waals surface area contributed by atoms with Crippen LogP contribution in [0.1, 0.15) is 84.6 Å². The van der Waals surface area contributed by atoms with Gasteiger partial charge < -0.3 is 0 Å². The van der Waals surface area contributed by atoms with Gasteiger partial charge in [-0.05, 0) is 62.5 Å². The molecule has 14 aromatic rings. The summed E-state index contributed by atoms with van der Waals surface area (Å²) in [5.41, 5.74) is 23.6. The molecular formula is C82H64N4OPt. The predicted octanol–water partition coefficient (Wildman–Crippen LogP) is 21.0. The first-order valence-corrected chi connectivity index (χ1v) is 31.4. The Morgan fingerprint density at radius 1 is 0.398 bits per heavy atom. The van der Waals surface area contributed by atoms with Crippen LogP contribution >= 0.6 is 0 Å². The Balaban J connectivity index is 0.878. The summed E-state index contributed by atoms with van der Waals surface area (Å²) >= 11 is 2.52. The third-order valence-electron chi connectivity index (χ3n) is 18.4. The van der Waals surface area contributed by atoms with Crippen molar-refractivity contribution in [1.82, 2.24) is 18.7 Å². The Morgan fingerprint density at radius 2 is 0.920 bits per heavy atom. The molecule has 11 aromatic carbocycles. The first-order valence-electron chi connectivity index (χ1n) is 31.7. The second-order valence-corrected chi connectivity index (χ2v) is 26.7. The molecule has 0 aliphatic heterocycles. The van der Waals surface area contributed by atoms with Gasteiger partial charge in [-0.3, -0.25) is 0 Å². The fourth-order valence-corrected chi connectivity index (χ4v) is 15.3. The summed E-state index contributed by atoms with van der Waals surface area (Å²) < 4.78 is 42.0. The van der Waals surface area contributed by atoms with Crippen molar-refractivity contribution >= 4 is 32.8 Å². The fraction of sp³-hybridized carbons (Fsp3) is 0.122. The normalized spacial score (nSPS) is 13.8. The summed E-state index contributed by atoms with van der Waals surface area (Å²) in [5.74, 6) is 1.78. The molecular weight excluding hydrogens is 1250 g/mol. The van der Waals surface area contributed by atoms with Crippen LogP contribution in [0.15, 0.2) is 261 Å². The van der Waals surface area contributed by atoms with Crippen LogP contribution in [0.5, 0.6) is 11.5 Å². The topological polar surface area (TPSA) is 36.9 Å². The zero-order valence-electron chi connectivity index (χ0n) is 52.8. The maximum atomic E-state index is 8.99. The van der Waals surface area contributed by atoms with Gasteiger partial charge in [-0.15, -0.1) is 0 Å². The van der Waals surface area contributed by atoms with Gasteiger partial charge in [-0.2, -0.15) is 0 Å². The standard InChI is InChI=1S/C82H64N4O.Pt/c1-52-42-78(83-50-69(52)54-26-12-9-13-27-54)86-76-47-60(40-41-66(76)68-48-67-65-32-16-19-37-72(65)82(73(67)49-77(68)86)70-35-17-14-30-63(70)64-31-15-18-36-71(64)82)87-59-29-22-28-58(46-59)84-51-85(75-39-21-20-38-74(75)84)79-61(53-24-10-8-11-25-53)33-23-34-62(79)55-43-56(80(2,3)4)45-57(44-55)81(5,6)7;/h8-50H,1-7H3;/i1D3;. The van der Waals surface area contributed by atoms with E-state index in [1.54, 1.807) is 12.3 Å². The van der Waals surface area contributed by atoms with Crippen molar-refractivity contribution in [2.45, 2.75) is 64.6 Å². The smallest absolute Gasteiger partial charge is 0.0622 e. The molecule has 0 unspecified atom stereocenters. The van der Waals surface area contributed by atoms with Gasteiger partial charge in [0.1, 0.15) is 0 Å². The molecule has 0 saturated carbocycles. The van der Waals surface area contributed by atoms with E-state index in [1.807, 2.05) is 36.4 Å². The van der Waals surface area contributed by atoms with Crippen LogP contribution in [-0.2, 0) is 35.6 Å². The van der Waals surface area contributed by atoms with Crippen LogP contribution in [0.4, 0.5) is 0 Å². The number of nitrogens with zero attached hydrogens (tertiary/aromatic N) is 4. The summed E-state index contributed by atoms with van der Waals surface area (Å²) in [6, 6.07) is 90.7. The van der Waals surface area contributed by atoms with E-state index >= 15 is 0 Å². The van der Waals surface area contributed by atoms with Gasteiger partial charge in [0.25, 0.3) is 0 Å². The zero-order chi connectivity index (χ0) is 62.3. The molecule has 428 valence electrons. The summed E-state index contributed by atoms with van der Waals surface area (Å²) in [5, 5.41) is 2.01. The molecule has 16 rings (SSSR count). The fourth-order valence-electron chi connectivity index (χ4n) is 14.2. The molecule has 1 spiro atoms. The summed E-state index contributed by atoms with van der Waals surface area (Å²) in [7, 11) is 0. The van der Waals surface area contributed by atoms with Crippen molar-refractivity contribution in [3.05, 3.63) is 304 Å². The molecule has 0 saturated heterocycles. The van der Waals surface area contributed by atoms with Gasteiger partial charge in [0.2, 0.25) is 0 Å². The quantitative estimate of drug-likeness (QED) is 0.152. The van der Waals surface area contributed by atoms with Gasteiger partial charge >= 0.3 is 346 Å². The first-order chi connectivity index (χ1) is 43.9. The van der Waals surface area contributed by atoms with Crippen molar-refractivity contribution < 1.29 is 28.2 Å². The predicted molar refractivity (Wildman–Crippen MR) is 359 cm³/mol. The minimum absolute atomic E-state index is 0.0752. The number of fused-ring (bicyclic) bond motifs is 14. The van der Waals surface area contributed by atoms with E-state index in [1.165, 1.54) is 61.2 Å². The number of aromatic nitrogens is 4. The van der Waals surface area contributed by atoms with Crippen LogP contribution in [0.25, 0.3) is 106 Å². The number of aryl methyl sites for hydroxylation is 1. The minimum Gasteiger partial charge on any atom is -0.0622 e. The Morgan fingerprint density at radius 3 is 1.55 bits per heavy atom. The number of benzene rings is 11. The number of para-hydroxylation sites is 3. The second-order valence-electron chi connectivity index (χ2n) is 25.6. The van der Waals surface area contributed by atoms with E-state index in [0.717, 1.165) is 70.3 Å². The van der Waals surface area contributed by atoms with E-state index in [0.29, 0.717) is 22.9 Å². The van der Waals surface area contributed by atoms with Gasteiger partial charge in [0.05, 0.1) is 5.41 Å². The van der Waals surface area contributed by atoms with Crippen LogP contribution in [0.3, 0.4) is 0 Å². The molecule has 0 radical (unpaired) electrons. The maximum absolute atomic E-state index is 8.99. The van der Waals surface area contributed by atoms with Crippen LogP contribution < -0.4 is 4.74 Å². The summed E-state index contributed by atoms with van der Waals surface area (Å²) in [4.78, 5) is 5.22. The number of imidazole rings is 1. The van der Waals surface area contributed by atoms with E-state index < -0.39 is 12.3 Å². The Hall–Kier alpha value is -9.67. The average Bonchev–Trinajstić information content (AvgIpc) is 1.52. The molecule has 0 atom stereocenters. The SMILES string of the molecule is [2H]C([2H])([2H])c1cc(-n2c3cc(Oc4cccc(-n5[c](=[Pt])n(-c6c(-c7ccccc7)cccc6-c6cc(C(C)(C)C)cc(C(C)(C)C)c6)c6ccccc65)c4)ccc3c3cc4c(cc32)C2(c3ccccc3-c3ccccc32)c2ccccc2-4)ncc1-c1ccccc1. The molecule has 3 aromatic heterocycles. The van der Waals surface area contributed by atoms with Gasteiger partial charge in [0.15, 0.2) is 0 Å². The molecule has 3 heterocycles. The van der Waals surface area contributed by atoms with E-state index in [-0.39, 0.29) is 16.4 Å². The van der Waals surface area contributed by atoms with E-state index in [9.17, 15) is 0 Å². The van der Waals surface area contributed by atoms with Crippen LogP contribution in [0, 0.1) is 10.7 Å². The monoisotopic (exact) mass is 1320 g/mol. The van der Waals surface area contributed by atoms with E-state index in [4.69, 9.17) is 13.8 Å². The summed E-state index contributed by atoms with van der Waals surface area (Å²) in [6.07, 6.45) is 1.73. The number of hydrogen-bond acceptors (Lipinski definition) is 2. The van der Waals surface area contributed by atoms with Crippen LogP contribution in [-0.4, -0.2) is 18.7 Å². The number of ether oxygens (including phenoxy) is 1. The Labute approximate surface area is 529 Å². The third-order valence-corrected chi connectivity index (χ3v) is 19.4. The molecule has 5 nitrogen and oxygen atoms in total. The molecule has 0 bridgehead atoms. The third kappa shape index (κ3) is 8.31. The molecule has 0 N–H and O–H groups in total. The van der Waals surface area contributed by atoms with Gasteiger partial charge in [-0.25, -0.2) is 0 Å². The van der Waals surface area contributed by atoms with Crippen molar-refractivity contribution in [1.29, 1.82) is 0 Å². The minimum atomic E-state index is -2.45. The average molecular weight is 1320 g/mol. The van der Waals surface area contributed by atoms with Crippen molar-refractivity contribution in [2.75, 3.05) is 0 Å². The zero-order valence-corrected chi connectivity index (χ0v) is 52.1. The van der Waals surface area contributed by atoms with Crippen molar-refractivity contribution in [3.63, 3.8) is 0 Å². The van der Waals surface area contributed by atoms with E-state index in [2.05, 4.69) is 287 Å². The van der Waals surface area contributed by atoms with Crippen LogP contribution in [0.2, 0.25) is 0 Å². The molecule has 0 fully saturated rings.